The molecular formula is C19H31N3O5. The zero-order valence-electron chi connectivity index (χ0n) is 16.6. The third-order valence-corrected chi connectivity index (χ3v) is 5.41. The van der Waals surface area contributed by atoms with Crippen molar-refractivity contribution in [2.75, 3.05) is 11.4 Å². The number of amides is 2. The van der Waals surface area contributed by atoms with Crippen molar-refractivity contribution >= 4 is 17.7 Å². The maximum Gasteiger partial charge on any atom is 0.331 e. The Bertz CT molecular complexity index is 650. The van der Waals surface area contributed by atoms with Crippen molar-refractivity contribution in [1.82, 2.24) is 10.1 Å². The molecule has 0 radical (unpaired) electrons. The van der Waals surface area contributed by atoms with Gasteiger partial charge >= 0.3 is 6.03 Å². The Labute approximate surface area is 160 Å². The third kappa shape index (κ3) is 4.32. The number of ketones is 1. The van der Waals surface area contributed by atoms with Gasteiger partial charge in [-0.1, -0.05) is 31.3 Å². The summed E-state index contributed by atoms with van der Waals surface area (Å²) in [5.41, 5.74) is 0.843. The average Bonchev–Trinajstić information content (AvgIpc) is 3.19. The predicted molar refractivity (Wildman–Crippen MR) is 100 cm³/mol. The number of aliphatic hydroxyl groups excluding tert-OH is 2. The van der Waals surface area contributed by atoms with Crippen LogP contribution in [0.4, 0.5) is 10.7 Å². The van der Waals surface area contributed by atoms with Gasteiger partial charge in [-0.2, -0.15) is 0 Å². The Balaban J connectivity index is 0.000000596. The lowest BCUT2D eigenvalue weighted by Crippen LogP contribution is -2.36. The summed E-state index contributed by atoms with van der Waals surface area (Å²) in [6, 6.07) is 1.28. The molecule has 152 valence electrons. The number of rotatable bonds is 4. The molecule has 1 aliphatic heterocycles. The molecule has 1 aromatic rings. The van der Waals surface area contributed by atoms with Crippen molar-refractivity contribution < 1.29 is 24.3 Å². The first kappa shape index (κ1) is 21.4. The molecular weight excluding hydrogens is 350 g/mol. The molecule has 2 fully saturated rings. The number of likely N-dealkylation sites (N-methyl/N-ethyl adjacent to an activating group) is 1. The molecule has 2 aliphatic rings. The van der Waals surface area contributed by atoms with Gasteiger partial charge in [-0.05, 0) is 40.0 Å². The van der Waals surface area contributed by atoms with E-state index in [1.54, 1.807) is 13.0 Å². The van der Waals surface area contributed by atoms with Gasteiger partial charge in [0.1, 0.15) is 5.78 Å². The van der Waals surface area contributed by atoms with Crippen LogP contribution in [0, 0.1) is 0 Å². The predicted octanol–water partition coefficient (Wildman–Crippen LogP) is 2.78. The average molecular weight is 381 g/mol. The number of aliphatic hydroxyl groups is 2. The summed E-state index contributed by atoms with van der Waals surface area (Å²) < 4.78 is 5.37. The van der Waals surface area contributed by atoms with Gasteiger partial charge in [-0.3, -0.25) is 4.90 Å². The summed E-state index contributed by atoms with van der Waals surface area (Å²) in [5, 5.41) is 24.3. The van der Waals surface area contributed by atoms with Crippen LogP contribution in [-0.4, -0.2) is 51.1 Å². The fraction of sp³-hybridized carbons (Fsp3) is 0.737. The van der Waals surface area contributed by atoms with E-state index in [1.165, 1.54) is 38.0 Å². The molecule has 0 aromatic carbocycles. The molecule has 1 saturated heterocycles. The maximum atomic E-state index is 12.3. The van der Waals surface area contributed by atoms with Crippen LogP contribution in [0.1, 0.15) is 71.9 Å². The molecule has 0 bridgehead atoms. The highest BCUT2D eigenvalue weighted by atomic mass is 16.5. The van der Waals surface area contributed by atoms with E-state index >= 15 is 0 Å². The molecule has 3 rings (SSSR count). The van der Waals surface area contributed by atoms with Crippen molar-refractivity contribution in [1.29, 1.82) is 0 Å². The molecule has 1 aliphatic carbocycles. The van der Waals surface area contributed by atoms with E-state index < -0.39 is 18.5 Å². The number of anilines is 1. The Morgan fingerprint density at radius 1 is 1.22 bits per heavy atom. The second kappa shape index (κ2) is 8.84. The number of Topliss-reactive ketones (excluding diaryl/α,β-unsaturated/α-hetero) is 1. The van der Waals surface area contributed by atoms with Gasteiger partial charge in [0.15, 0.2) is 12.5 Å². The molecule has 8 heteroatoms. The van der Waals surface area contributed by atoms with Gasteiger partial charge < -0.3 is 19.5 Å². The minimum atomic E-state index is -1.34. The topological polar surface area (TPSA) is 107 Å². The zero-order valence-corrected chi connectivity index (χ0v) is 16.6. The highest BCUT2D eigenvalue weighted by Crippen LogP contribution is 2.43. The third-order valence-electron chi connectivity index (χ3n) is 5.41. The lowest BCUT2D eigenvalue weighted by Gasteiger charge is -2.34. The standard InChI is InChI=1S/C16H25N3O4.C3H6O/c1-3-16(8-6-5-7-9-16)11-10-12(23-17-11)19-14(21)13(20)18(4-2)15(19)22;1-3(2)4/h10,13-14,20-21H,3-9H2,1-2H3;1-2H3. The van der Waals surface area contributed by atoms with Gasteiger partial charge in [0.25, 0.3) is 0 Å². The van der Waals surface area contributed by atoms with Crippen LogP contribution in [0.2, 0.25) is 0 Å². The number of aromatic nitrogens is 1. The number of urea groups is 1. The summed E-state index contributed by atoms with van der Waals surface area (Å²) in [6.45, 7) is 7.27. The number of carbonyl (C=O) groups excluding carboxylic acids is 2. The van der Waals surface area contributed by atoms with Crippen LogP contribution in [0.15, 0.2) is 10.6 Å². The van der Waals surface area contributed by atoms with E-state index in [2.05, 4.69) is 12.1 Å². The Hall–Kier alpha value is -1.93. The van der Waals surface area contributed by atoms with Crippen LogP contribution < -0.4 is 4.90 Å². The zero-order chi connectivity index (χ0) is 20.2. The van der Waals surface area contributed by atoms with Crippen LogP contribution >= 0.6 is 0 Å². The van der Waals surface area contributed by atoms with Gasteiger partial charge in [0.2, 0.25) is 5.88 Å². The fourth-order valence-corrected chi connectivity index (χ4v) is 3.85. The summed E-state index contributed by atoms with van der Waals surface area (Å²) in [5.74, 6) is 0.367. The van der Waals surface area contributed by atoms with E-state index in [0.29, 0.717) is 6.54 Å². The first-order valence-corrected chi connectivity index (χ1v) is 9.67. The first-order chi connectivity index (χ1) is 12.8. The Morgan fingerprint density at radius 3 is 2.30 bits per heavy atom. The van der Waals surface area contributed by atoms with E-state index in [4.69, 9.17) is 4.52 Å². The van der Waals surface area contributed by atoms with E-state index in [0.717, 1.165) is 29.9 Å². The normalized spacial score (nSPS) is 24.6. The molecule has 2 unspecified atom stereocenters. The minimum Gasteiger partial charge on any atom is -0.369 e. The Morgan fingerprint density at radius 2 is 1.81 bits per heavy atom. The van der Waals surface area contributed by atoms with Gasteiger partial charge in [-0.25, -0.2) is 9.69 Å². The van der Waals surface area contributed by atoms with Gasteiger partial charge in [-0.15, -0.1) is 0 Å². The molecule has 1 aromatic heterocycles. The van der Waals surface area contributed by atoms with Crippen molar-refractivity contribution in [2.45, 2.75) is 84.1 Å². The second-order valence-electron chi connectivity index (χ2n) is 7.42. The van der Waals surface area contributed by atoms with Crippen LogP contribution in [0.25, 0.3) is 0 Å². The van der Waals surface area contributed by atoms with Crippen molar-refractivity contribution in [2.24, 2.45) is 0 Å². The maximum absolute atomic E-state index is 12.3. The summed E-state index contributed by atoms with van der Waals surface area (Å²) in [6.07, 6.45) is 4.09. The number of hydrogen-bond acceptors (Lipinski definition) is 6. The summed E-state index contributed by atoms with van der Waals surface area (Å²) in [7, 11) is 0. The lowest BCUT2D eigenvalue weighted by molar-refractivity contribution is -0.115. The second-order valence-corrected chi connectivity index (χ2v) is 7.42. The highest BCUT2D eigenvalue weighted by molar-refractivity contribution is 5.93. The van der Waals surface area contributed by atoms with Crippen LogP contribution in [0.3, 0.4) is 0 Å². The van der Waals surface area contributed by atoms with Gasteiger partial charge in [0, 0.05) is 18.0 Å². The summed E-state index contributed by atoms with van der Waals surface area (Å²) >= 11 is 0. The van der Waals surface area contributed by atoms with Crippen molar-refractivity contribution in [3.8, 4) is 0 Å². The van der Waals surface area contributed by atoms with E-state index in [-0.39, 0.29) is 17.1 Å². The molecule has 2 amide bonds. The Kier molecular flexibility index (Phi) is 7.00. The van der Waals surface area contributed by atoms with E-state index in [1.807, 2.05) is 0 Å². The first-order valence-electron chi connectivity index (χ1n) is 9.67. The summed E-state index contributed by atoms with van der Waals surface area (Å²) in [4.78, 5) is 24.1. The monoisotopic (exact) mass is 381 g/mol. The smallest absolute Gasteiger partial charge is 0.331 e. The van der Waals surface area contributed by atoms with Crippen LogP contribution in [0.5, 0.6) is 0 Å². The molecule has 2 N–H and O–H groups in total. The molecule has 2 atom stereocenters. The number of carbonyl (C=O) groups is 2. The number of hydrogen-bond donors (Lipinski definition) is 2. The van der Waals surface area contributed by atoms with Crippen molar-refractivity contribution in [3.63, 3.8) is 0 Å². The molecule has 0 spiro atoms. The quantitative estimate of drug-likeness (QED) is 0.830. The molecule has 8 nitrogen and oxygen atoms in total. The van der Waals surface area contributed by atoms with Crippen molar-refractivity contribution in [3.05, 3.63) is 11.8 Å². The largest absolute Gasteiger partial charge is 0.369 e. The molecule has 2 heterocycles. The molecule has 27 heavy (non-hydrogen) atoms. The lowest BCUT2D eigenvalue weighted by atomic mass is 9.70. The van der Waals surface area contributed by atoms with Crippen LogP contribution in [-0.2, 0) is 10.2 Å². The highest BCUT2D eigenvalue weighted by Gasteiger charge is 2.46. The van der Waals surface area contributed by atoms with E-state index in [9.17, 15) is 19.8 Å². The number of nitrogens with zero attached hydrogens (tertiary/aromatic N) is 3. The SMILES string of the molecule is CC(C)=O.CCN1C(=O)N(c2cc(C3(CC)CCCCC3)no2)C(O)C1O. The van der Waals surface area contributed by atoms with Gasteiger partial charge in [0.05, 0.1) is 5.69 Å². The molecule has 1 saturated carbocycles. The minimum absolute atomic E-state index is 0.00319. The fourth-order valence-electron chi connectivity index (χ4n) is 3.85.